The summed E-state index contributed by atoms with van der Waals surface area (Å²) in [5.74, 6) is 0.486. The normalized spacial score (nSPS) is 23.5. The van der Waals surface area contributed by atoms with Crippen molar-refractivity contribution in [3.8, 4) is 0 Å². The molecule has 1 aliphatic rings. The van der Waals surface area contributed by atoms with Crippen LogP contribution >= 0.6 is 22.6 Å². The summed E-state index contributed by atoms with van der Waals surface area (Å²) in [4.78, 5) is 15.6. The summed E-state index contributed by atoms with van der Waals surface area (Å²) < 4.78 is 7.89. The molecule has 12 nitrogen and oxygen atoms in total. The Kier molecular flexibility index (Phi) is 5.99. The van der Waals surface area contributed by atoms with E-state index >= 15 is 0 Å². The third-order valence-electron chi connectivity index (χ3n) is 4.77. The predicted molar refractivity (Wildman–Crippen MR) is 114 cm³/mol. The van der Waals surface area contributed by atoms with Crippen LogP contribution in [0, 0.1) is 3.57 Å². The molecule has 1 aromatic carbocycles. The standard InChI is InChI=1S/C17H17IN8O4/c18-9-3-8(1-2-10(9)24-25-19)4-20-15-12-16(22-6-21-15)26(7-23-12)17-14(29)13(28)11(5-27)30-17/h1-3,6-7,11,13-14,17,27-29H,4-5H2,(H,20,21,22)/t11-,13+,14-,17?/m1/s1. The average Bonchev–Trinajstić information content (AvgIpc) is 3.30. The quantitative estimate of drug-likeness (QED) is 0.163. The summed E-state index contributed by atoms with van der Waals surface area (Å²) in [7, 11) is 0. The van der Waals surface area contributed by atoms with Gasteiger partial charge < -0.3 is 25.4 Å². The second-order valence-electron chi connectivity index (χ2n) is 6.60. The molecule has 0 radical (unpaired) electrons. The van der Waals surface area contributed by atoms with E-state index in [1.165, 1.54) is 17.2 Å². The van der Waals surface area contributed by atoms with Crippen molar-refractivity contribution in [1.29, 1.82) is 0 Å². The summed E-state index contributed by atoms with van der Waals surface area (Å²) in [5, 5.41) is 36.4. The number of aliphatic hydroxyl groups excluding tert-OH is 3. The van der Waals surface area contributed by atoms with Crippen LogP contribution < -0.4 is 5.32 Å². The Labute approximate surface area is 183 Å². The first-order valence-electron chi connectivity index (χ1n) is 8.91. The average molecular weight is 524 g/mol. The van der Waals surface area contributed by atoms with Crippen molar-refractivity contribution >= 4 is 45.3 Å². The molecular formula is C17H17IN8O4. The third kappa shape index (κ3) is 3.78. The van der Waals surface area contributed by atoms with Crippen LogP contribution in [0.5, 0.6) is 0 Å². The monoisotopic (exact) mass is 524 g/mol. The first-order valence-corrected chi connectivity index (χ1v) is 9.98. The van der Waals surface area contributed by atoms with Gasteiger partial charge in [0.25, 0.3) is 0 Å². The van der Waals surface area contributed by atoms with Gasteiger partial charge >= 0.3 is 0 Å². The lowest BCUT2D eigenvalue weighted by Crippen LogP contribution is -2.33. The SMILES string of the molecule is [N-]=[N+]=Nc1ccc(CNc2ncnc3c2ncn3C2O[C@H](CO)[C@H](O)[C@H]2O)cc1I. The van der Waals surface area contributed by atoms with Crippen molar-refractivity contribution in [3.63, 3.8) is 0 Å². The molecule has 1 saturated heterocycles. The van der Waals surface area contributed by atoms with Crippen LogP contribution in [-0.2, 0) is 11.3 Å². The van der Waals surface area contributed by atoms with Gasteiger partial charge in [0, 0.05) is 15.0 Å². The molecule has 1 fully saturated rings. The Bertz CT molecular complexity index is 1120. The molecule has 3 heterocycles. The van der Waals surface area contributed by atoms with E-state index in [2.05, 4.69) is 52.9 Å². The van der Waals surface area contributed by atoms with Gasteiger partial charge in [-0.2, -0.15) is 0 Å². The Morgan fingerprint density at radius 3 is 2.80 bits per heavy atom. The van der Waals surface area contributed by atoms with Gasteiger partial charge in [0.15, 0.2) is 23.2 Å². The first kappa shape index (κ1) is 20.7. The van der Waals surface area contributed by atoms with Crippen molar-refractivity contribution in [1.82, 2.24) is 19.5 Å². The van der Waals surface area contributed by atoms with Crippen LogP contribution in [0.4, 0.5) is 11.5 Å². The van der Waals surface area contributed by atoms with E-state index in [9.17, 15) is 15.3 Å². The number of nitrogens with one attached hydrogen (secondary N) is 1. The van der Waals surface area contributed by atoms with Crippen molar-refractivity contribution < 1.29 is 20.1 Å². The number of ether oxygens (including phenoxy) is 1. The molecule has 0 bridgehead atoms. The number of rotatable bonds is 6. The Morgan fingerprint density at radius 2 is 2.10 bits per heavy atom. The molecule has 0 amide bonds. The van der Waals surface area contributed by atoms with Crippen molar-refractivity contribution in [2.45, 2.75) is 31.1 Å². The Hall–Kier alpha value is -2.55. The van der Waals surface area contributed by atoms with Crippen LogP contribution in [0.15, 0.2) is 36.0 Å². The number of fused-ring (bicyclic) bond motifs is 1. The summed E-state index contributed by atoms with van der Waals surface area (Å²) in [6.07, 6.45) is -1.46. The topological polar surface area (TPSA) is 174 Å². The number of halogens is 1. The molecule has 4 N–H and O–H groups in total. The van der Waals surface area contributed by atoms with Gasteiger partial charge in [-0.25, -0.2) is 15.0 Å². The van der Waals surface area contributed by atoms with Gasteiger partial charge in [-0.1, -0.05) is 17.2 Å². The minimum atomic E-state index is -1.23. The molecule has 13 heteroatoms. The first-order chi connectivity index (χ1) is 14.5. The molecule has 4 rings (SSSR count). The van der Waals surface area contributed by atoms with Gasteiger partial charge in [0.05, 0.1) is 18.6 Å². The number of nitrogens with zero attached hydrogens (tertiary/aromatic N) is 7. The number of hydrogen-bond donors (Lipinski definition) is 4. The molecule has 0 spiro atoms. The lowest BCUT2D eigenvalue weighted by atomic mass is 10.1. The van der Waals surface area contributed by atoms with Gasteiger partial charge in [-0.15, -0.1) is 0 Å². The van der Waals surface area contributed by atoms with Crippen LogP contribution in [0.1, 0.15) is 11.8 Å². The minimum Gasteiger partial charge on any atom is -0.394 e. The number of benzene rings is 1. The van der Waals surface area contributed by atoms with Crippen molar-refractivity contribution in [2.24, 2.45) is 5.11 Å². The van der Waals surface area contributed by atoms with Crippen LogP contribution in [0.3, 0.4) is 0 Å². The number of hydrogen-bond acceptors (Lipinski definition) is 9. The predicted octanol–water partition coefficient (Wildman–Crippen LogP) is 1.60. The molecular weight excluding hydrogens is 507 g/mol. The molecule has 1 aliphatic heterocycles. The smallest absolute Gasteiger partial charge is 0.167 e. The fraction of sp³-hybridized carbons (Fsp3) is 0.353. The highest BCUT2D eigenvalue weighted by Gasteiger charge is 2.44. The van der Waals surface area contributed by atoms with Gasteiger partial charge in [0.2, 0.25) is 0 Å². The number of azide groups is 1. The van der Waals surface area contributed by atoms with E-state index in [0.29, 0.717) is 29.2 Å². The molecule has 0 aliphatic carbocycles. The highest BCUT2D eigenvalue weighted by molar-refractivity contribution is 14.1. The maximum atomic E-state index is 10.3. The van der Waals surface area contributed by atoms with Gasteiger partial charge in [0.1, 0.15) is 24.6 Å². The molecule has 1 unspecified atom stereocenters. The lowest BCUT2D eigenvalue weighted by Gasteiger charge is -2.16. The van der Waals surface area contributed by atoms with E-state index in [1.54, 1.807) is 6.07 Å². The summed E-state index contributed by atoms with van der Waals surface area (Å²) >= 11 is 2.10. The highest BCUT2D eigenvalue weighted by atomic mass is 127. The third-order valence-corrected chi connectivity index (χ3v) is 5.64. The van der Waals surface area contributed by atoms with Gasteiger partial charge in [-0.05, 0) is 39.8 Å². The van der Waals surface area contributed by atoms with E-state index in [1.807, 2.05) is 12.1 Å². The molecule has 4 atom stereocenters. The largest absolute Gasteiger partial charge is 0.394 e. The van der Waals surface area contributed by atoms with E-state index in [0.717, 1.165) is 9.13 Å². The Balaban J connectivity index is 1.57. The highest BCUT2D eigenvalue weighted by Crippen LogP contribution is 2.32. The Morgan fingerprint density at radius 1 is 1.27 bits per heavy atom. The van der Waals surface area contributed by atoms with E-state index < -0.39 is 31.1 Å². The summed E-state index contributed by atoms with van der Waals surface area (Å²) in [5.41, 5.74) is 11.0. The fourth-order valence-electron chi connectivity index (χ4n) is 3.25. The lowest BCUT2D eigenvalue weighted by molar-refractivity contribution is -0.0511. The molecule has 156 valence electrons. The number of anilines is 1. The van der Waals surface area contributed by atoms with E-state index in [4.69, 9.17) is 10.3 Å². The second-order valence-corrected chi connectivity index (χ2v) is 7.77. The minimum absolute atomic E-state index is 0.413. The number of imidazole rings is 1. The van der Waals surface area contributed by atoms with E-state index in [-0.39, 0.29) is 0 Å². The second kappa shape index (κ2) is 8.67. The number of aromatic nitrogens is 4. The van der Waals surface area contributed by atoms with Crippen molar-refractivity contribution in [3.05, 3.63) is 50.4 Å². The maximum absolute atomic E-state index is 10.3. The maximum Gasteiger partial charge on any atom is 0.167 e. The van der Waals surface area contributed by atoms with Crippen LogP contribution in [0.25, 0.3) is 21.6 Å². The summed E-state index contributed by atoms with van der Waals surface area (Å²) in [6, 6.07) is 5.48. The molecule has 3 aromatic rings. The number of aliphatic hydroxyl groups is 3. The molecule has 30 heavy (non-hydrogen) atoms. The van der Waals surface area contributed by atoms with Crippen molar-refractivity contribution in [2.75, 3.05) is 11.9 Å². The zero-order valence-electron chi connectivity index (χ0n) is 15.4. The summed E-state index contributed by atoms with van der Waals surface area (Å²) in [6.45, 7) is 0.0276. The molecule has 2 aromatic heterocycles. The zero-order valence-corrected chi connectivity index (χ0v) is 17.5. The van der Waals surface area contributed by atoms with Gasteiger partial charge in [-0.3, -0.25) is 4.57 Å². The van der Waals surface area contributed by atoms with Crippen LogP contribution in [-0.4, -0.2) is 59.8 Å². The molecule has 0 saturated carbocycles. The fourth-order valence-corrected chi connectivity index (χ4v) is 3.94. The zero-order chi connectivity index (χ0) is 21.3. The van der Waals surface area contributed by atoms with Crippen LogP contribution in [0.2, 0.25) is 0 Å².